The Morgan fingerprint density at radius 3 is 2.32 bits per heavy atom. The molecule has 0 radical (unpaired) electrons. The molecule has 1 N–H and O–H groups in total. The van der Waals surface area contributed by atoms with Crippen LogP contribution in [0.25, 0.3) is 33.7 Å². The maximum Gasteiger partial charge on any atom is 0.157 e. The minimum absolute atomic E-state index is 0.0787. The third kappa shape index (κ3) is 5.80. The van der Waals surface area contributed by atoms with Crippen LogP contribution in [-0.4, -0.2) is 13.7 Å². The first-order chi connectivity index (χ1) is 18.4. The summed E-state index contributed by atoms with van der Waals surface area (Å²) in [7, 11) is 0. The van der Waals surface area contributed by atoms with E-state index in [1.807, 2.05) is 42.6 Å². The second-order valence-electron chi connectivity index (χ2n) is 9.65. The Balaban J connectivity index is 1.62. The minimum Gasteiger partial charge on any atom is -0.306 e. The number of nitrogens with zero attached hydrogens (tertiary/aromatic N) is 1. The number of hydrogen-bond donors (Lipinski definition) is 1. The maximum atomic E-state index is 13.7. The Bertz CT molecular complexity index is 1640. The molecule has 0 amide bonds. The molecule has 1 aromatic heterocycles. The van der Waals surface area contributed by atoms with E-state index in [4.69, 9.17) is 4.98 Å². The fourth-order valence-electron chi connectivity index (χ4n) is 4.62. The summed E-state index contributed by atoms with van der Waals surface area (Å²) < 4.78 is 34.2. The van der Waals surface area contributed by atoms with E-state index in [9.17, 15) is 13.2 Å². The second-order valence-corrected chi connectivity index (χ2v) is 10.6. The van der Waals surface area contributed by atoms with Crippen LogP contribution >= 0.6 is 0 Å². The van der Waals surface area contributed by atoms with Crippen molar-refractivity contribution < 1.29 is 13.2 Å². The first-order valence-corrected chi connectivity index (χ1v) is 13.8. The van der Waals surface area contributed by atoms with Gasteiger partial charge < -0.3 is 4.55 Å². The van der Waals surface area contributed by atoms with Crippen LogP contribution in [-0.2, 0) is 16.8 Å². The predicted molar refractivity (Wildman–Crippen MR) is 156 cm³/mol. The Hall–Kier alpha value is -3.93. The third-order valence-corrected chi connectivity index (χ3v) is 7.19. The van der Waals surface area contributed by atoms with Gasteiger partial charge in [-0.05, 0) is 87.3 Å². The van der Waals surface area contributed by atoms with Crippen molar-refractivity contribution in [3.8, 4) is 11.1 Å². The monoisotopic (exact) mass is 521 g/mol. The maximum absolute atomic E-state index is 13.7. The molecular weight excluding hydrogens is 493 g/mol. The van der Waals surface area contributed by atoms with Crippen molar-refractivity contribution in [3.63, 3.8) is 0 Å². The zero-order valence-corrected chi connectivity index (χ0v) is 22.1. The smallest absolute Gasteiger partial charge is 0.157 e. The summed E-state index contributed by atoms with van der Waals surface area (Å²) in [5.41, 5.74) is 8.91. The standard InChI is InChI=1S/C33H28FNO2S/c1-22(2)29-19-28-7-4-16-35-33(28)32(20-29)27-6-3-5-24(17-27)18-31(26-12-14-30(34)15-13-26)25-10-8-23(9-11-25)21-38(36)37/h3-20,22H,21H2,1-2H3,(H,36,37)/b31-18+. The van der Waals surface area contributed by atoms with Gasteiger partial charge in [0.05, 0.1) is 11.3 Å². The first-order valence-electron chi connectivity index (χ1n) is 12.5. The molecule has 0 spiro atoms. The summed E-state index contributed by atoms with van der Waals surface area (Å²) in [4.78, 5) is 4.69. The van der Waals surface area contributed by atoms with Gasteiger partial charge in [-0.15, -0.1) is 0 Å². The first kappa shape index (κ1) is 25.7. The van der Waals surface area contributed by atoms with Gasteiger partial charge in [-0.2, -0.15) is 0 Å². The highest BCUT2D eigenvalue weighted by Gasteiger charge is 2.12. The molecule has 190 valence electrons. The number of pyridine rings is 1. The van der Waals surface area contributed by atoms with Crippen molar-refractivity contribution in [1.29, 1.82) is 0 Å². The fourth-order valence-corrected chi connectivity index (χ4v) is 5.10. The van der Waals surface area contributed by atoms with Gasteiger partial charge in [0.15, 0.2) is 11.1 Å². The van der Waals surface area contributed by atoms with Crippen LogP contribution in [0, 0.1) is 5.82 Å². The molecule has 38 heavy (non-hydrogen) atoms. The van der Waals surface area contributed by atoms with Crippen molar-refractivity contribution in [2.24, 2.45) is 0 Å². The van der Waals surface area contributed by atoms with Crippen LogP contribution in [0.1, 0.15) is 47.6 Å². The van der Waals surface area contributed by atoms with E-state index in [0.717, 1.165) is 49.9 Å². The highest BCUT2D eigenvalue weighted by Crippen LogP contribution is 2.33. The molecule has 1 atom stereocenters. The van der Waals surface area contributed by atoms with Crippen molar-refractivity contribution in [2.75, 3.05) is 0 Å². The third-order valence-electron chi connectivity index (χ3n) is 6.61. The van der Waals surface area contributed by atoms with Gasteiger partial charge in [0.25, 0.3) is 0 Å². The van der Waals surface area contributed by atoms with E-state index < -0.39 is 11.1 Å². The number of aromatic nitrogens is 1. The molecule has 5 rings (SSSR count). The average molecular weight is 522 g/mol. The van der Waals surface area contributed by atoms with E-state index in [0.29, 0.717) is 5.92 Å². The lowest BCUT2D eigenvalue weighted by Gasteiger charge is -2.13. The molecule has 0 aliphatic carbocycles. The molecular formula is C33H28FNO2S. The predicted octanol–water partition coefficient (Wildman–Crippen LogP) is 8.47. The minimum atomic E-state index is -1.90. The van der Waals surface area contributed by atoms with Crippen LogP contribution in [0.2, 0.25) is 0 Å². The van der Waals surface area contributed by atoms with Crippen molar-refractivity contribution >= 4 is 33.6 Å². The summed E-state index contributed by atoms with van der Waals surface area (Å²) in [5.74, 6) is 0.174. The largest absolute Gasteiger partial charge is 0.306 e. The van der Waals surface area contributed by atoms with Crippen molar-refractivity contribution in [2.45, 2.75) is 25.5 Å². The van der Waals surface area contributed by atoms with Crippen LogP contribution in [0.15, 0.2) is 103 Å². The number of fused-ring (bicyclic) bond motifs is 1. The van der Waals surface area contributed by atoms with Gasteiger partial charge in [-0.25, -0.2) is 8.60 Å². The van der Waals surface area contributed by atoms with E-state index in [2.05, 4.69) is 56.3 Å². The lowest BCUT2D eigenvalue weighted by Crippen LogP contribution is -1.94. The highest BCUT2D eigenvalue weighted by molar-refractivity contribution is 7.78. The van der Waals surface area contributed by atoms with Gasteiger partial charge in [-0.3, -0.25) is 4.98 Å². The highest BCUT2D eigenvalue weighted by atomic mass is 32.2. The number of rotatable bonds is 7. The fraction of sp³-hybridized carbons (Fsp3) is 0.121. The average Bonchev–Trinajstić information content (AvgIpc) is 2.92. The van der Waals surface area contributed by atoms with E-state index in [-0.39, 0.29) is 11.6 Å². The zero-order valence-electron chi connectivity index (χ0n) is 21.3. The number of benzene rings is 4. The van der Waals surface area contributed by atoms with Gasteiger partial charge in [0, 0.05) is 17.1 Å². The molecule has 1 unspecified atom stereocenters. The van der Waals surface area contributed by atoms with Crippen LogP contribution in [0.5, 0.6) is 0 Å². The van der Waals surface area contributed by atoms with Crippen LogP contribution in [0.4, 0.5) is 4.39 Å². The molecule has 0 aliphatic rings. The molecule has 5 aromatic rings. The van der Waals surface area contributed by atoms with Crippen molar-refractivity contribution in [1.82, 2.24) is 4.98 Å². The van der Waals surface area contributed by atoms with E-state index >= 15 is 0 Å². The van der Waals surface area contributed by atoms with Crippen molar-refractivity contribution in [3.05, 3.63) is 137 Å². The summed E-state index contributed by atoms with van der Waals surface area (Å²) in [6, 6.07) is 30.9. The normalized spacial score (nSPS) is 12.7. The zero-order chi connectivity index (χ0) is 26.6. The number of halogens is 1. The quantitative estimate of drug-likeness (QED) is 0.173. The summed E-state index contributed by atoms with van der Waals surface area (Å²) in [5, 5.41) is 1.12. The van der Waals surface area contributed by atoms with Gasteiger partial charge in [-0.1, -0.05) is 74.5 Å². The summed E-state index contributed by atoms with van der Waals surface area (Å²) in [6.45, 7) is 4.39. The topological polar surface area (TPSA) is 50.2 Å². The molecule has 3 nitrogen and oxygen atoms in total. The molecule has 0 bridgehead atoms. The Morgan fingerprint density at radius 2 is 1.63 bits per heavy atom. The SMILES string of the molecule is CC(C)c1cc(-c2cccc(/C=C(/c3ccc(F)cc3)c3ccc(CS(=O)O)cc3)c2)c2ncccc2c1. The van der Waals surface area contributed by atoms with Gasteiger partial charge in [0.1, 0.15) is 5.82 Å². The Kier molecular flexibility index (Phi) is 7.59. The lowest BCUT2D eigenvalue weighted by molar-refractivity contribution is 0.563. The summed E-state index contributed by atoms with van der Waals surface area (Å²) >= 11 is -1.90. The molecule has 5 heteroatoms. The van der Waals surface area contributed by atoms with E-state index in [1.165, 1.54) is 17.7 Å². The molecule has 0 fully saturated rings. The Morgan fingerprint density at radius 1 is 0.921 bits per heavy atom. The molecule has 4 aromatic carbocycles. The second kappa shape index (κ2) is 11.2. The number of hydrogen-bond acceptors (Lipinski definition) is 2. The van der Waals surface area contributed by atoms with Gasteiger partial charge >= 0.3 is 0 Å². The van der Waals surface area contributed by atoms with E-state index in [1.54, 1.807) is 12.1 Å². The van der Waals surface area contributed by atoms with Gasteiger partial charge in [0.2, 0.25) is 0 Å². The van der Waals surface area contributed by atoms with Crippen LogP contribution < -0.4 is 0 Å². The molecule has 0 saturated heterocycles. The lowest BCUT2D eigenvalue weighted by atomic mass is 9.92. The molecule has 0 saturated carbocycles. The Labute approximate surface area is 225 Å². The molecule has 0 aliphatic heterocycles. The summed E-state index contributed by atoms with van der Waals surface area (Å²) in [6.07, 6.45) is 3.92. The van der Waals surface area contributed by atoms with Crippen LogP contribution in [0.3, 0.4) is 0 Å². The molecule has 1 heterocycles.